The number of halogens is 6. The lowest BCUT2D eigenvalue weighted by molar-refractivity contribution is -0.143. The molecule has 1 atom stereocenters. The summed E-state index contributed by atoms with van der Waals surface area (Å²) in [5, 5.41) is 9.32. The van der Waals surface area contributed by atoms with Gasteiger partial charge >= 0.3 is 18.3 Å². The van der Waals surface area contributed by atoms with Crippen molar-refractivity contribution >= 4 is 11.9 Å². The minimum Gasteiger partial charge on any atom is -0.481 e. The Morgan fingerprint density at radius 2 is 1.22 bits per heavy atom. The summed E-state index contributed by atoms with van der Waals surface area (Å²) in [6.07, 6.45) is -10.7. The van der Waals surface area contributed by atoms with Crippen molar-refractivity contribution in [2.75, 3.05) is 7.05 Å². The van der Waals surface area contributed by atoms with Gasteiger partial charge in [-0.2, -0.15) is 26.3 Å². The lowest BCUT2D eigenvalue weighted by Gasteiger charge is -2.35. The molecule has 1 amide bonds. The number of nitrogens with zero attached hydrogens (tertiary/aromatic N) is 1. The zero-order valence-corrected chi connectivity index (χ0v) is 19.6. The first-order valence-corrected chi connectivity index (χ1v) is 11.2. The molecule has 1 N–H and O–H groups in total. The van der Waals surface area contributed by atoms with Crippen molar-refractivity contribution in [2.24, 2.45) is 0 Å². The van der Waals surface area contributed by atoms with Crippen LogP contribution >= 0.6 is 0 Å². The van der Waals surface area contributed by atoms with Crippen LogP contribution in [0.15, 0.2) is 78.9 Å². The largest absolute Gasteiger partial charge is 0.481 e. The average molecular weight is 523 g/mol. The number of carboxylic acids is 1. The number of hydrogen-bond acceptors (Lipinski definition) is 2. The zero-order chi connectivity index (χ0) is 27.4. The number of benzene rings is 3. The second-order valence-corrected chi connectivity index (χ2v) is 8.51. The summed E-state index contributed by atoms with van der Waals surface area (Å²) in [7, 11) is 1.25. The van der Waals surface area contributed by atoms with E-state index in [1.807, 2.05) is 0 Å². The molecule has 0 aliphatic heterocycles. The van der Waals surface area contributed by atoms with E-state index < -0.39 is 52.9 Å². The summed E-state index contributed by atoms with van der Waals surface area (Å²) in [6.45, 7) is 0. The van der Waals surface area contributed by atoms with Crippen LogP contribution in [-0.4, -0.2) is 35.0 Å². The fraction of sp³-hybridized carbons (Fsp3) is 0.259. The van der Waals surface area contributed by atoms with Crippen LogP contribution in [0.3, 0.4) is 0 Å². The minimum atomic E-state index is -5.12. The highest BCUT2D eigenvalue weighted by Crippen LogP contribution is 2.38. The van der Waals surface area contributed by atoms with Crippen molar-refractivity contribution in [2.45, 2.75) is 37.2 Å². The molecule has 0 bridgehead atoms. The number of likely N-dealkylation sites (N-methyl/N-ethyl adjacent to an activating group) is 1. The molecule has 0 unspecified atom stereocenters. The Kier molecular flexibility index (Phi) is 8.30. The van der Waals surface area contributed by atoms with Gasteiger partial charge in [0.25, 0.3) is 5.91 Å². The van der Waals surface area contributed by atoms with Crippen molar-refractivity contribution in [3.05, 3.63) is 107 Å². The van der Waals surface area contributed by atoms with Crippen LogP contribution < -0.4 is 0 Å². The summed E-state index contributed by atoms with van der Waals surface area (Å²) >= 11 is 0. The quantitative estimate of drug-likeness (QED) is 0.328. The second kappa shape index (κ2) is 11.1. The fourth-order valence-electron chi connectivity index (χ4n) is 4.25. The van der Waals surface area contributed by atoms with Crippen molar-refractivity contribution in [1.29, 1.82) is 0 Å². The summed E-state index contributed by atoms with van der Waals surface area (Å²) in [4.78, 5) is 25.8. The van der Waals surface area contributed by atoms with Crippen LogP contribution in [-0.2, 0) is 17.1 Å². The molecular weight excluding hydrogens is 500 g/mol. The van der Waals surface area contributed by atoms with Crippen LogP contribution in [0.4, 0.5) is 26.3 Å². The van der Waals surface area contributed by atoms with Crippen LogP contribution in [0.5, 0.6) is 0 Å². The Labute approximate surface area is 209 Å². The number of carbonyl (C=O) groups excluding carboxylic acids is 1. The van der Waals surface area contributed by atoms with Gasteiger partial charge in [-0.05, 0) is 35.7 Å². The first-order valence-electron chi connectivity index (χ1n) is 11.2. The molecule has 3 aromatic rings. The number of carbonyl (C=O) groups is 2. The molecule has 0 spiro atoms. The molecule has 0 saturated carbocycles. The van der Waals surface area contributed by atoms with Crippen molar-refractivity contribution in [1.82, 2.24) is 4.90 Å². The Balaban J connectivity index is 2.13. The lowest BCUT2D eigenvalue weighted by Crippen LogP contribution is -2.42. The molecule has 10 heteroatoms. The number of aliphatic carboxylic acids is 1. The van der Waals surface area contributed by atoms with E-state index in [-0.39, 0.29) is 18.9 Å². The van der Waals surface area contributed by atoms with Crippen LogP contribution in [0, 0.1) is 0 Å². The number of amides is 1. The van der Waals surface area contributed by atoms with Gasteiger partial charge in [0.15, 0.2) is 0 Å². The molecule has 0 radical (unpaired) electrons. The van der Waals surface area contributed by atoms with Gasteiger partial charge in [0.05, 0.1) is 11.1 Å². The van der Waals surface area contributed by atoms with Gasteiger partial charge in [-0.15, -0.1) is 0 Å². The highest BCUT2D eigenvalue weighted by atomic mass is 19.4. The average Bonchev–Trinajstić information content (AvgIpc) is 2.85. The topological polar surface area (TPSA) is 57.6 Å². The van der Waals surface area contributed by atoms with Crippen molar-refractivity contribution < 1.29 is 41.0 Å². The predicted octanol–water partition coefficient (Wildman–Crippen LogP) is 6.86. The summed E-state index contributed by atoms with van der Waals surface area (Å²) < 4.78 is 80.3. The van der Waals surface area contributed by atoms with Gasteiger partial charge in [-0.1, -0.05) is 60.7 Å². The third-order valence-corrected chi connectivity index (χ3v) is 6.01. The Hall–Kier alpha value is -3.82. The van der Waals surface area contributed by atoms with E-state index in [1.54, 1.807) is 60.7 Å². The van der Waals surface area contributed by atoms with Crippen molar-refractivity contribution in [3.8, 4) is 0 Å². The van der Waals surface area contributed by atoms with E-state index in [9.17, 15) is 41.0 Å². The molecule has 0 saturated heterocycles. The van der Waals surface area contributed by atoms with Gasteiger partial charge in [0.1, 0.15) is 0 Å². The maximum atomic E-state index is 13.4. The first kappa shape index (κ1) is 27.8. The molecule has 3 rings (SSSR count). The fourth-order valence-corrected chi connectivity index (χ4v) is 4.25. The highest BCUT2D eigenvalue weighted by molar-refractivity contribution is 5.95. The van der Waals surface area contributed by atoms with Crippen LogP contribution in [0.1, 0.15) is 51.4 Å². The molecule has 0 aliphatic carbocycles. The third kappa shape index (κ3) is 6.90. The van der Waals surface area contributed by atoms with E-state index in [4.69, 9.17) is 0 Å². The molecule has 196 valence electrons. The van der Waals surface area contributed by atoms with E-state index >= 15 is 0 Å². The molecular formula is C27H23F6NO3. The molecule has 0 heterocycles. The maximum Gasteiger partial charge on any atom is 0.416 e. The summed E-state index contributed by atoms with van der Waals surface area (Å²) in [6, 6.07) is 17.3. The summed E-state index contributed by atoms with van der Waals surface area (Å²) in [5.74, 6) is -2.86. The van der Waals surface area contributed by atoms with Crippen LogP contribution in [0.2, 0.25) is 0 Å². The Morgan fingerprint density at radius 3 is 1.59 bits per heavy atom. The first-order chi connectivity index (χ1) is 17.3. The van der Waals surface area contributed by atoms with Gasteiger partial charge in [0.2, 0.25) is 0 Å². The number of carboxylic acid groups (broad SMARTS) is 1. The Bertz CT molecular complexity index is 1150. The van der Waals surface area contributed by atoms with Crippen molar-refractivity contribution in [3.63, 3.8) is 0 Å². The number of rotatable bonds is 8. The monoisotopic (exact) mass is 523 g/mol. The molecule has 37 heavy (non-hydrogen) atoms. The number of hydrogen-bond donors (Lipinski definition) is 1. The van der Waals surface area contributed by atoms with Gasteiger partial charge in [-0.25, -0.2) is 0 Å². The van der Waals surface area contributed by atoms with Gasteiger partial charge in [-0.3, -0.25) is 9.59 Å². The molecule has 0 aromatic heterocycles. The Morgan fingerprint density at radius 1 is 0.784 bits per heavy atom. The van der Waals surface area contributed by atoms with E-state index in [1.165, 1.54) is 7.05 Å². The lowest BCUT2D eigenvalue weighted by atomic mass is 9.82. The second-order valence-electron chi connectivity index (χ2n) is 8.51. The number of alkyl halides is 6. The smallest absolute Gasteiger partial charge is 0.416 e. The zero-order valence-electron chi connectivity index (χ0n) is 19.6. The normalized spacial score (nSPS) is 12.9. The van der Waals surface area contributed by atoms with Crippen LogP contribution in [0.25, 0.3) is 0 Å². The van der Waals surface area contributed by atoms with E-state index in [2.05, 4.69) is 0 Å². The highest BCUT2D eigenvalue weighted by Gasteiger charge is 2.39. The van der Waals surface area contributed by atoms with E-state index in [0.717, 1.165) is 4.90 Å². The molecule has 4 nitrogen and oxygen atoms in total. The molecule has 0 fully saturated rings. The molecule has 3 aromatic carbocycles. The maximum absolute atomic E-state index is 13.4. The summed E-state index contributed by atoms with van der Waals surface area (Å²) in [5.41, 5.74) is -2.62. The van der Waals surface area contributed by atoms with Gasteiger partial charge < -0.3 is 10.0 Å². The predicted molar refractivity (Wildman–Crippen MR) is 124 cm³/mol. The van der Waals surface area contributed by atoms with Gasteiger partial charge in [0, 0.05) is 31.0 Å². The van der Waals surface area contributed by atoms with E-state index in [0.29, 0.717) is 23.3 Å². The minimum absolute atomic E-state index is 0.0462. The third-order valence-electron chi connectivity index (χ3n) is 6.01. The molecule has 0 aliphatic rings. The SMILES string of the molecule is CN(C(=O)c1cc(C(F)(F)F)cc(C(F)(F)F)c1)[C@@H](CCC(=O)O)C(c1ccccc1)c1ccccc1. The standard InChI is InChI=1S/C27H23F6NO3/c1-34(25(37)19-14-20(26(28,29)30)16-21(15-19)27(31,32)33)22(12-13-23(35)36)24(17-8-4-2-5-9-17)18-10-6-3-7-11-18/h2-11,14-16,22,24H,12-13H2,1H3,(H,35,36)/t22-/m0/s1.